The molecule has 1 amide bonds. The van der Waals surface area contributed by atoms with E-state index in [1.807, 2.05) is 0 Å². The molecule has 6 nitrogen and oxygen atoms in total. The van der Waals surface area contributed by atoms with Crippen molar-refractivity contribution < 1.29 is 19.1 Å². The molecule has 0 unspecified atom stereocenters. The first-order valence-corrected chi connectivity index (χ1v) is 6.65. The molecule has 21 heavy (non-hydrogen) atoms. The van der Waals surface area contributed by atoms with Crippen molar-refractivity contribution in [3.05, 3.63) is 23.8 Å². The Hall–Kier alpha value is -1.79. The molecule has 118 valence electrons. The Labute approximate surface area is 125 Å². The van der Waals surface area contributed by atoms with Gasteiger partial charge in [0.05, 0.1) is 12.8 Å². The Bertz CT molecular complexity index is 507. The monoisotopic (exact) mass is 296 g/mol. The van der Waals surface area contributed by atoms with Crippen LogP contribution in [0.4, 0.5) is 10.5 Å². The molecule has 1 rings (SSSR count). The number of nitrogens with one attached hydrogen (secondary N) is 1. The number of carbonyl (C=O) groups is 1. The van der Waals surface area contributed by atoms with Gasteiger partial charge in [-0.3, -0.25) is 10.2 Å². The molecule has 0 radical (unpaired) electrons. The summed E-state index contributed by atoms with van der Waals surface area (Å²) in [6.07, 6.45) is -0.540. The first kappa shape index (κ1) is 17.3. The van der Waals surface area contributed by atoms with E-state index in [0.29, 0.717) is 17.0 Å². The minimum absolute atomic E-state index is 0.540. The van der Waals surface area contributed by atoms with Gasteiger partial charge >= 0.3 is 6.09 Å². The Balaban J connectivity index is 3.09. The van der Waals surface area contributed by atoms with E-state index < -0.39 is 17.3 Å². The second kappa shape index (κ2) is 6.32. The summed E-state index contributed by atoms with van der Waals surface area (Å²) in [6, 6.07) is 5.22. The van der Waals surface area contributed by atoms with E-state index in [9.17, 15) is 4.79 Å². The van der Waals surface area contributed by atoms with Gasteiger partial charge in [0.15, 0.2) is 0 Å². The standard InChI is InChI=1S/C15H24N2O4/c1-14(2,3)20-13(18)17-12-8-7-10(19-6)9-11(12)15(4,5)21-16/h7-9H,16H2,1-6H3,(H,17,18). The Morgan fingerprint density at radius 3 is 2.29 bits per heavy atom. The lowest BCUT2D eigenvalue weighted by Gasteiger charge is -2.26. The van der Waals surface area contributed by atoms with Gasteiger partial charge in [-0.15, -0.1) is 0 Å². The van der Waals surface area contributed by atoms with Crippen molar-refractivity contribution >= 4 is 11.8 Å². The summed E-state index contributed by atoms with van der Waals surface area (Å²) in [7, 11) is 1.57. The lowest BCUT2D eigenvalue weighted by Crippen LogP contribution is -2.30. The highest BCUT2D eigenvalue weighted by Gasteiger charge is 2.26. The number of amides is 1. The lowest BCUT2D eigenvalue weighted by atomic mass is 9.96. The van der Waals surface area contributed by atoms with Crippen molar-refractivity contribution in [2.24, 2.45) is 5.90 Å². The van der Waals surface area contributed by atoms with E-state index in [1.165, 1.54) is 0 Å². The minimum Gasteiger partial charge on any atom is -0.497 e. The third-order valence-electron chi connectivity index (χ3n) is 2.81. The summed E-state index contributed by atoms with van der Waals surface area (Å²) in [6.45, 7) is 8.99. The van der Waals surface area contributed by atoms with Crippen molar-refractivity contribution in [2.45, 2.75) is 45.8 Å². The highest BCUT2D eigenvalue weighted by Crippen LogP contribution is 2.33. The quantitative estimate of drug-likeness (QED) is 0.834. The fourth-order valence-electron chi connectivity index (χ4n) is 1.73. The molecular weight excluding hydrogens is 272 g/mol. The van der Waals surface area contributed by atoms with Crippen LogP contribution in [0, 0.1) is 0 Å². The zero-order chi connectivity index (χ0) is 16.3. The number of hydrogen-bond acceptors (Lipinski definition) is 5. The van der Waals surface area contributed by atoms with Crippen LogP contribution in [0.5, 0.6) is 5.75 Å². The maximum Gasteiger partial charge on any atom is 0.412 e. The highest BCUT2D eigenvalue weighted by atomic mass is 16.6. The van der Waals surface area contributed by atoms with Gasteiger partial charge in [0.1, 0.15) is 17.0 Å². The summed E-state index contributed by atoms with van der Waals surface area (Å²) in [5.41, 5.74) is -0.120. The predicted molar refractivity (Wildman–Crippen MR) is 81.1 cm³/mol. The number of anilines is 1. The fraction of sp³-hybridized carbons (Fsp3) is 0.533. The van der Waals surface area contributed by atoms with E-state index >= 15 is 0 Å². The zero-order valence-electron chi connectivity index (χ0n) is 13.4. The summed E-state index contributed by atoms with van der Waals surface area (Å²) in [4.78, 5) is 16.9. The minimum atomic E-state index is -0.793. The van der Waals surface area contributed by atoms with Gasteiger partial charge in [0, 0.05) is 5.56 Å². The van der Waals surface area contributed by atoms with Crippen LogP contribution in [0.25, 0.3) is 0 Å². The molecule has 0 atom stereocenters. The summed E-state index contributed by atoms with van der Waals surface area (Å²) >= 11 is 0. The number of ether oxygens (including phenoxy) is 2. The highest BCUT2D eigenvalue weighted by molar-refractivity contribution is 5.86. The van der Waals surface area contributed by atoms with Crippen LogP contribution in [0.1, 0.15) is 40.2 Å². The Morgan fingerprint density at radius 2 is 1.81 bits per heavy atom. The Morgan fingerprint density at radius 1 is 1.19 bits per heavy atom. The molecular formula is C15H24N2O4. The molecule has 0 fully saturated rings. The summed E-state index contributed by atoms with van der Waals surface area (Å²) in [5, 5.41) is 2.71. The summed E-state index contributed by atoms with van der Waals surface area (Å²) in [5.74, 6) is 5.99. The molecule has 0 spiro atoms. The van der Waals surface area contributed by atoms with Crippen LogP contribution in [-0.2, 0) is 15.2 Å². The second-order valence-electron chi connectivity index (χ2n) is 6.17. The van der Waals surface area contributed by atoms with E-state index in [1.54, 1.807) is 59.9 Å². The molecule has 0 bridgehead atoms. The van der Waals surface area contributed by atoms with Gasteiger partial charge in [0.2, 0.25) is 0 Å². The van der Waals surface area contributed by atoms with Gasteiger partial charge < -0.3 is 9.47 Å². The van der Waals surface area contributed by atoms with E-state index in [2.05, 4.69) is 5.32 Å². The molecule has 0 aliphatic carbocycles. The largest absolute Gasteiger partial charge is 0.497 e. The first-order chi connectivity index (χ1) is 9.59. The lowest BCUT2D eigenvalue weighted by molar-refractivity contribution is -0.0232. The van der Waals surface area contributed by atoms with Crippen LogP contribution >= 0.6 is 0 Å². The number of rotatable bonds is 4. The van der Waals surface area contributed by atoms with Crippen LogP contribution in [-0.4, -0.2) is 18.8 Å². The number of carbonyl (C=O) groups excluding carboxylic acids is 1. The van der Waals surface area contributed by atoms with E-state index in [4.69, 9.17) is 20.2 Å². The van der Waals surface area contributed by atoms with Crippen LogP contribution < -0.4 is 16.0 Å². The Kier molecular flexibility index (Phi) is 5.20. The maximum absolute atomic E-state index is 11.9. The third kappa shape index (κ3) is 4.91. The van der Waals surface area contributed by atoms with Crippen molar-refractivity contribution in [3.63, 3.8) is 0 Å². The van der Waals surface area contributed by atoms with Crippen LogP contribution in [0.3, 0.4) is 0 Å². The van der Waals surface area contributed by atoms with Crippen molar-refractivity contribution in [1.82, 2.24) is 0 Å². The van der Waals surface area contributed by atoms with Crippen molar-refractivity contribution in [2.75, 3.05) is 12.4 Å². The van der Waals surface area contributed by atoms with Crippen molar-refractivity contribution in [3.8, 4) is 5.75 Å². The van der Waals surface area contributed by atoms with Crippen LogP contribution in [0.15, 0.2) is 18.2 Å². The fourth-order valence-corrected chi connectivity index (χ4v) is 1.73. The molecule has 0 aliphatic rings. The maximum atomic E-state index is 11.9. The molecule has 0 heterocycles. The average Bonchev–Trinajstić information content (AvgIpc) is 2.36. The molecule has 6 heteroatoms. The molecule has 1 aromatic rings. The third-order valence-corrected chi connectivity index (χ3v) is 2.81. The number of hydrogen-bond donors (Lipinski definition) is 2. The van der Waals surface area contributed by atoms with Gasteiger partial charge in [-0.1, -0.05) is 0 Å². The zero-order valence-corrected chi connectivity index (χ0v) is 13.4. The van der Waals surface area contributed by atoms with Gasteiger partial charge in [0.25, 0.3) is 0 Å². The summed E-state index contributed by atoms with van der Waals surface area (Å²) < 4.78 is 10.4. The normalized spacial score (nSPS) is 12.0. The number of benzene rings is 1. The smallest absolute Gasteiger partial charge is 0.412 e. The second-order valence-corrected chi connectivity index (χ2v) is 6.17. The molecule has 0 saturated carbocycles. The molecule has 0 aromatic heterocycles. The van der Waals surface area contributed by atoms with Crippen LogP contribution in [0.2, 0.25) is 0 Å². The predicted octanol–water partition coefficient (Wildman–Crippen LogP) is 3.17. The number of nitrogens with two attached hydrogens (primary N) is 1. The van der Waals surface area contributed by atoms with Gasteiger partial charge in [-0.2, -0.15) is 0 Å². The molecule has 0 aliphatic heterocycles. The van der Waals surface area contributed by atoms with Gasteiger partial charge in [-0.25, -0.2) is 10.7 Å². The molecule has 0 saturated heterocycles. The van der Waals surface area contributed by atoms with Crippen molar-refractivity contribution in [1.29, 1.82) is 0 Å². The molecule has 1 aromatic carbocycles. The van der Waals surface area contributed by atoms with E-state index in [-0.39, 0.29) is 0 Å². The number of methoxy groups -OCH3 is 1. The van der Waals surface area contributed by atoms with Gasteiger partial charge in [-0.05, 0) is 52.8 Å². The SMILES string of the molecule is COc1ccc(NC(=O)OC(C)(C)C)c(C(C)(C)ON)c1. The van der Waals surface area contributed by atoms with E-state index in [0.717, 1.165) is 0 Å². The topological polar surface area (TPSA) is 82.8 Å². The average molecular weight is 296 g/mol. The molecule has 3 N–H and O–H groups in total. The first-order valence-electron chi connectivity index (χ1n) is 6.65.